The molecule has 0 spiro atoms. The molecule has 0 aromatic carbocycles. The standard InChI is InChI=1S/C16H34NO2/c1-3-5-7-9-11-13-15(18)17-16(19)14-12-10-8-6-4-2/h15-16,18-19H,3-14H2,1-2H3. The first-order valence-electron chi connectivity index (χ1n) is 8.26. The molecule has 0 aliphatic carbocycles. The van der Waals surface area contributed by atoms with E-state index >= 15 is 0 Å². The summed E-state index contributed by atoms with van der Waals surface area (Å²) in [5, 5.41) is 23.4. The van der Waals surface area contributed by atoms with E-state index in [-0.39, 0.29) is 0 Å². The van der Waals surface area contributed by atoms with Crippen LogP contribution in [-0.2, 0) is 0 Å². The monoisotopic (exact) mass is 272 g/mol. The summed E-state index contributed by atoms with van der Waals surface area (Å²) in [5.74, 6) is 0. The summed E-state index contributed by atoms with van der Waals surface area (Å²) in [7, 11) is 0. The molecule has 2 atom stereocenters. The number of aliphatic hydroxyl groups excluding tert-OH is 2. The van der Waals surface area contributed by atoms with Gasteiger partial charge >= 0.3 is 0 Å². The second-order valence-electron chi connectivity index (χ2n) is 5.52. The lowest BCUT2D eigenvalue weighted by Gasteiger charge is -2.15. The van der Waals surface area contributed by atoms with Crippen molar-refractivity contribution in [1.82, 2.24) is 5.32 Å². The van der Waals surface area contributed by atoms with Crippen molar-refractivity contribution in [2.45, 2.75) is 103 Å². The Hall–Kier alpha value is -0.120. The van der Waals surface area contributed by atoms with E-state index in [1.165, 1.54) is 38.5 Å². The van der Waals surface area contributed by atoms with Crippen molar-refractivity contribution in [3.05, 3.63) is 0 Å². The van der Waals surface area contributed by atoms with Gasteiger partial charge in [-0.05, 0) is 25.7 Å². The maximum absolute atomic E-state index is 9.69. The molecule has 0 saturated heterocycles. The lowest BCUT2D eigenvalue weighted by Crippen LogP contribution is -2.31. The second-order valence-corrected chi connectivity index (χ2v) is 5.52. The summed E-state index contributed by atoms with van der Waals surface area (Å²) in [6.07, 6.45) is 11.9. The fraction of sp³-hybridized carbons (Fsp3) is 1.00. The van der Waals surface area contributed by atoms with Crippen LogP contribution in [0.1, 0.15) is 90.9 Å². The maximum Gasteiger partial charge on any atom is 0.123 e. The molecule has 0 aromatic rings. The van der Waals surface area contributed by atoms with Gasteiger partial charge in [-0.1, -0.05) is 65.2 Å². The molecule has 2 unspecified atom stereocenters. The van der Waals surface area contributed by atoms with Crippen molar-refractivity contribution in [2.75, 3.05) is 0 Å². The van der Waals surface area contributed by atoms with E-state index in [0.717, 1.165) is 25.7 Å². The van der Waals surface area contributed by atoms with Gasteiger partial charge in [0.05, 0.1) is 0 Å². The molecular weight excluding hydrogens is 238 g/mol. The van der Waals surface area contributed by atoms with Gasteiger partial charge in [0.15, 0.2) is 0 Å². The molecule has 19 heavy (non-hydrogen) atoms. The maximum atomic E-state index is 9.69. The Balaban J connectivity index is 3.34. The number of hydrogen-bond acceptors (Lipinski definition) is 2. The van der Waals surface area contributed by atoms with Gasteiger partial charge in [0.2, 0.25) is 0 Å². The molecule has 3 heteroatoms. The molecule has 1 radical (unpaired) electrons. The van der Waals surface area contributed by atoms with Gasteiger partial charge in [-0.15, -0.1) is 0 Å². The van der Waals surface area contributed by atoms with E-state index < -0.39 is 12.5 Å². The van der Waals surface area contributed by atoms with E-state index in [0.29, 0.717) is 12.8 Å². The lowest BCUT2D eigenvalue weighted by molar-refractivity contribution is 0.0259. The molecule has 0 fully saturated rings. The zero-order valence-corrected chi connectivity index (χ0v) is 13.0. The average Bonchev–Trinajstić information content (AvgIpc) is 2.38. The normalized spacial score (nSPS) is 14.5. The number of rotatable bonds is 14. The third-order valence-electron chi connectivity index (χ3n) is 3.48. The SMILES string of the molecule is CCCCCCCC(O)[N]C(O)CCCCCCC. The highest BCUT2D eigenvalue weighted by Crippen LogP contribution is 2.10. The Kier molecular flexibility index (Phi) is 14.2. The number of hydrogen-bond donors (Lipinski definition) is 2. The fourth-order valence-corrected chi connectivity index (χ4v) is 2.21. The Morgan fingerprint density at radius 3 is 1.37 bits per heavy atom. The Labute approximate surface area is 119 Å². The first kappa shape index (κ1) is 18.9. The molecule has 115 valence electrons. The van der Waals surface area contributed by atoms with Crippen LogP contribution in [0.25, 0.3) is 0 Å². The Bertz CT molecular complexity index is 158. The molecule has 0 amide bonds. The molecule has 0 aliphatic rings. The zero-order chi connectivity index (χ0) is 14.3. The quantitative estimate of drug-likeness (QED) is 0.470. The molecule has 0 saturated carbocycles. The van der Waals surface area contributed by atoms with Gasteiger partial charge in [0.1, 0.15) is 12.5 Å². The minimum absolute atomic E-state index is 0.674. The van der Waals surface area contributed by atoms with Crippen LogP contribution >= 0.6 is 0 Å². The van der Waals surface area contributed by atoms with Crippen LogP contribution < -0.4 is 5.32 Å². The van der Waals surface area contributed by atoms with E-state index in [4.69, 9.17) is 0 Å². The summed E-state index contributed by atoms with van der Waals surface area (Å²) in [4.78, 5) is 0. The Morgan fingerprint density at radius 2 is 1.00 bits per heavy atom. The van der Waals surface area contributed by atoms with E-state index in [9.17, 15) is 10.2 Å². The lowest BCUT2D eigenvalue weighted by atomic mass is 10.1. The second kappa shape index (κ2) is 14.3. The molecule has 0 aliphatic heterocycles. The first-order chi connectivity index (χ1) is 9.20. The summed E-state index contributed by atoms with van der Waals surface area (Å²) in [6.45, 7) is 4.39. The number of aliphatic hydroxyl groups is 2. The minimum Gasteiger partial charge on any atom is -0.377 e. The van der Waals surface area contributed by atoms with Crippen LogP contribution in [0.4, 0.5) is 0 Å². The molecular formula is C16H34NO2. The topological polar surface area (TPSA) is 54.6 Å². The average molecular weight is 272 g/mol. The molecule has 0 aromatic heterocycles. The van der Waals surface area contributed by atoms with Gasteiger partial charge in [0, 0.05) is 0 Å². The van der Waals surface area contributed by atoms with Crippen LogP contribution in [0.5, 0.6) is 0 Å². The van der Waals surface area contributed by atoms with Gasteiger partial charge in [-0.3, -0.25) is 0 Å². The van der Waals surface area contributed by atoms with Gasteiger partial charge in [-0.25, -0.2) is 0 Å². The molecule has 0 bridgehead atoms. The zero-order valence-electron chi connectivity index (χ0n) is 13.0. The van der Waals surface area contributed by atoms with Crippen molar-refractivity contribution < 1.29 is 10.2 Å². The largest absolute Gasteiger partial charge is 0.377 e. The van der Waals surface area contributed by atoms with Gasteiger partial charge in [-0.2, -0.15) is 5.32 Å². The number of unbranched alkanes of at least 4 members (excludes halogenated alkanes) is 8. The summed E-state index contributed by atoms with van der Waals surface area (Å²) < 4.78 is 0. The van der Waals surface area contributed by atoms with Gasteiger partial charge < -0.3 is 10.2 Å². The molecule has 2 N–H and O–H groups in total. The van der Waals surface area contributed by atoms with Gasteiger partial charge in [0.25, 0.3) is 0 Å². The minimum atomic E-state index is -0.674. The molecule has 0 rings (SSSR count). The van der Waals surface area contributed by atoms with Crippen LogP contribution in [0, 0.1) is 0 Å². The van der Waals surface area contributed by atoms with Crippen molar-refractivity contribution in [2.24, 2.45) is 0 Å². The summed E-state index contributed by atoms with van der Waals surface area (Å²) >= 11 is 0. The highest BCUT2D eigenvalue weighted by molar-refractivity contribution is 4.58. The molecule has 0 heterocycles. The van der Waals surface area contributed by atoms with Crippen molar-refractivity contribution >= 4 is 0 Å². The summed E-state index contributed by atoms with van der Waals surface area (Å²) in [5.41, 5.74) is 0. The van der Waals surface area contributed by atoms with E-state index in [1.807, 2.05) is 0 Å². The van der Waals surface area contributed by atoms with Crippen molar-refractivity contribution in [3.8, 4) is 0 Å². The Morgan fingerprint density at radius 1 is 0.632 bits per heavy atom. The predicted molar refractivity (Wildman–Crippen MR) is 80.9 cm³/mol. The van der Waals surface area contributed by atoms with Crippen molar-refractivity contribution in [1.29, 1.82) is 0 Å². The van der Waals surface area contributed by atoms with Crippen LogP contribution in [0.3, 0.4) is 0 Å². The number of nitrogens with zero attached hydrogens (tertiary/aromatic N) is 1. The third-order valence-corrected chi connectivity index (χ3v) is 3.48. The van der Waals surface area contributed by atoms with Crippen LogP contribution in [-0.4, -0.2) is 22.7 Å². The third kappa shape index (κ3) is 14.1. The highest BCUT2D eigenvalue weighted by Gasteiger charge is 2.11. The fourth-order valence-electron chi connectivity index (χ4n) is 2.21. The first-order valence-corrected chi connectivity index (χ1v) is 8.26. The predicted octanol–water partition coefficient (Wildman–Crippen LogP) is 3.95. The summed E-state index contributed by atoms with van der Waals surface area (Å²) in [6, 6.07) is 0. The van der Waals surface area contributed by atoms with Crippen LogP contribution in [0.2, 0.25) is 0 Å². The van der Waals surface area contributed by atoms with Crippen molar-refractivity contribution in [3.63, 3.8) is 0 Å². The van der Waals surface area contributed by atoms with E-state index in [2.05, 4.69) is 19.2 Å². The smallest absolute Gasteiger partial charge is 0.123 e. The van der Waals surface area contributed by atoms with Crippen LogP contribution in [0.15, 0.2) is 0 Å². The molecule has 3 nitrogen and oxygen atoms in total. The van der Waals surface area contributed by atoms with E-state index in [1.54, 1.807) is 0 Å². The highest BCUT2D eigenvalue weighted by atomic mass is 16.3.